The zero-order valence-electron chi connectivity index (χ0n) is 11.8. The summed E-state index contributed by atoms with van der Waals surface area (Å²) in [7, 11) is 0. The van der Waals surface area contributed by atoms with E-state index in [-0.39, 0.29) is 5.54 Å². The monoisotopic (exact) mass is 251 g/mol. The lowest BCUT2D eigenvalue weighted by Gasteiger charge is -2.32. The van der Waals surface area contributed by atoms with Crippen LogP contribution in [0.2, 0.25) is 0 Å². The molecule has 0 aromatic carbocycles. The Bertz CT molecular complexity index is 375. The maximum atomic E-state index is 4.38. The van der Waals surface area contributed by atoms with E-state index in [1.54, 1.807) is 6.33 Å². The van der Waals surface area contributed by atoms with Gasteiger partial charge in [0.2, 0.25) is 0 Å². The van der Waals surface area contributed by atoms with Gasteiger partial charge in [0.25, 0.3) is 0 Å². The van der Waals surface area contributed by atoms with Gasteiger partial charge in [-0.3, -0.25) is 4.90 Å². The smallest absolute Gasteiger partial charge is 0.140 e. The van der Waals surface area contributed by atoms with Gasteiger partial charge >= 0.3 is 0 Å². The van der Waals surface area contributed by atoms with Crippen molar-refractivity contribution in [2.24, 2.45) is 0 Å². The van der Waals surface area contributed by atoms with E-state index in [1.165, 1.54) is 6.42 Å². The third-order valence-electron chi connectivity index (χ3n) is 3.92. The molecular weight excluding hydrogens is 226 g/mol. The molecule has 0 spiro atoms. The largest absolute Gasteiger partial charge is 0.310 e. The molecule has 5 heteroatoms. The fourth-order valence-electron chi connectivity index (χ4n) is 2.57. The van der Waals surface area contributed by atoms with Crippen molar-refractivity contribution in [2.75, 3.05) is 19.6 Å². The van der Waals surface area contributed by atoms with Crippen molar-refractivity contribution in [1.29, 1.82) is 0 Å². The topological polar surface area (TPSA) is 46.0 Å². The van der Waals surface area contributed by atoms with Gasteiger partial charge in [-0.15, -0.1) is 0 Å². The van der Waals surface area contributed by atoms with Crippen LogP contribution in [0.4, 0.5) is 0 Å². The van der Waals surface area contributed by atoms with Crippen LogP contribution in [0.3, 0.4) is 0 Å². The summed E-state index contributed by atoms with van der Waals surface area (Å²) in [6.45, 7) is 11.8. The highest BCUT2D eigenvalue weighted by Crippen LogP contribution is 2.16. The van der Waals surface area contributed by atoms with E-state index in [9.17, 15) is 0 Å². The molecule has 102 valence electrons. The second-order valence-corrected chi connectivity index (χ2v) is 5.40. The SMILES string of the molecule is CCn1ncnc1CN1CCCNC(C)(CC)C1. The maximum absolute atomic E-state index is 4.38. The van der Waals surface area contributed by atoms with E-state index in [0.717, 1.165) is 45.0 Å². The molecule has 1 N–H and O–H groups in total. The van der Waals surface area contributed by atoms with E-state index in [1.807, 2.05) is 4.68 Å². The van der Waals surface area contributed by atoms with Gasteiger partial charge in [0.05, 0.1) is 6.54 Å². The van der Waals surface area contributed by atoms with Gasteiger partial charge in [-0.25, -0.2) is 9.67 Å². The second-order valence-electron chi connectivity index (χ2n) is 5.40. The molecule has 1 saturated heterocycles. The molecule has 2 heterocycles. The fourth-order valence-corrected chi connectivity index (χ4v) is 2.57. The molecule has 1 aromatic rings. The van der Waals surface area contributed by atoms with E-state index >= 15 is 0 Å². The minimum atomic E-state index is 0.230. The highest BCUT2D eigenvalue weighted by molar-refractivity contribution is 4.91. The average Bonchev–Trinajstić information content (AvgIpc) is 2.72. The fraction of sp³-hybridized carbons (Fsp3) is 0.846. The van der Waals surface area contributed by atoms with Crippen LogP contribution in [0.5, 0.6) is 0 Å². The lowest BCUT2D eigenvalue weighted by molar-refractivity contribution is 0.202. The summed E-state index contributed by atoms with van der Waals surface area (Å²) in [5, 5.41) is 7.90. The number of rotatable bonds is 4. The number of hydrogen-bond acceptors (Lipinski definition) is 4. The Hall–Kier alpha value is -0.940. The van der Waals surface area contributed by atoms with Gasteiger partial charge in [0.15, 0.2) is 0 Å². The Morgan fingerprint density at radius 3 is 3.00 bits per heavy atom. The van der Waals surface area contributed by atoms with Crippen LogP contribution in [0.1, 0.15) is 39.4 Å². The minimum absolute atomic E-state index is 0.230. The molecule has 1 fully saturated rings. The Kier molecular flexibility index (Phi) is 4.35. The molecule has 18 heavy (non-hydrogen) atoms. The van der Waals surface area contributed by atoms with Crippen molar-refractivity contribution in [2.45, 2.75) is 52.2 Å². The number of nitrogens with one attached hydrogen (secondary N) is 1. The average molecular weight is 251 g/mol. The van der Waals surface area contributed by atoms with E-state index in [4.69, 9.17) is 0 Å². The van der Waals surface area contributed by atoms with Crippen molar-refractivity contribution >= 4 is 0 Å². The molecule has 0 aliphatic carbocycles. The van der Waals surface area contributed by atoms with Gasteiger partial charge in [0.1, 0.15) is 12.2 Å². The van der Waals surface area contributed by atoms with Gasteiger partial charge in [0, 0.05) is 18.6 Å². The van der Waals surface area contributed by atoms with Crippen LogP contribution in [0.25, 0.3) is 0 Å². The van der Waals surface area contributed by atoms with E-state index < -0.39 is 0 Å². The molecule has 1 aromatic heterocycles. The van der Waals surface area contributed by atoms with Crippen LogP contribution >= 0.6 is 0 Å². The summed E-state index contributed by atoms with van der Waals surface area (Å²) in [6, 6.07) is 0. The molecule has 2 rings (SSSR count). The summed E-state index contributed by atoms with van der Waals surface area (Å²) >= 11 is 0. The number of nitrogens with zero attached hydrogens (tertiary/aromatic N) is 4. The van der Waals surface area contributed by atoms with Crippen LogP contribution in [0.15, 0.2) is 6.33 Å². The standard InChI is InChI=1S/C13H25N5/c1-4-13(3)10-17(8-6-7-15-13)9-12-14-11-16-18(12)5-2/h11,15H,4-10H2,1-3H3. The van der Waals surface area contributed by atoms with Crippen molar-refractivity contribution in [3.63, 3.8) is 0 Å². The summed E-state index contributed by atoms with van der Waals surface area (Å²) in [6.07, 6.45) is 4.02. The number of hydrogen-bond donors (Lipinski definition) is 1. The first kappa shape index (κ1) is 13.5. The van der Waals surface area contributed by atoms with Crippen molar-refractivity contribution in [3.8, 4) is 0 Å². The van der Waals surface area contributed by atoms with Crippen LogP contribution in [-0.4, -0.2) is 44.8 Å². The van der Waals surface area contributed by atoms with Gasteiger partial charge in [-0.05, 0) is 39.8 Å². The predicted molar refractivity (Wildman–Crippen MR) is 72.3 cm³/mol. The molecule has 0 bridgehead atoms. The zero-order valence-corrected chi connectivity index (χ0v) is 11.8. The van der Waals surface area contributed by atoms with E-state index in [2.05, 4.69) is 41.1 Å². The van der Waals surface area contributed by atoms with E-state index in [0.29, 0.717) is 0 Å². The molecule has 5 nitrogen and oxygen atoms in total. The third-order valence-corrected chi connectivity index (χ3v) is 3.92. The van der Waals surface area contributed by atoms with Crippen molar-refractivity contribution < 1.29 is 0 Å². The summed E-state index contributed by atoms with van der Waals surface area (Å²) in [4.78, 5) is 6.87. The first-order chi connectivity index (χ1) is 8.67. The maximum Gasteiger partial charge on any atom is 0.140 e. The van der Waals surface area contributed by atoms with Gasteiger partial charge < -0.3 is 5.32 Å². The zero-order chi connectivity index (χ0) is 13.0. The summed E-state index contributed by atoms with van der Waals surface area (Å²) in [5.41, 5.74) is 0.230. The lowest BCUT2D eigenvalue weighted by Crippen LogP contribution is -2.48. The highest BCUT2D eigenvalue weighted by Gasteiger charge is 2.27. The van der Waals surface area contributed by atoms with Gasteiger partial charge in [-0.2, -0.15) is 5.10 Å². The Labute approximate surface area is 110 Å². The normalized spacial score (nSPS) is 26.2. The molecule has 0 amide bonds. The summed E-state index contributed by atoms with van der Waals surface area (Å²) in [5.74, 6) is 1.08. The highest BCUT2D eigenvalue weighted by atomic mass is 15.3. The number of aromatic nitrogens is 3. The summed E-state index contributed by atoms with van der Waals surface area (Å²) < 4.78 is 1.99. The predicted octanol–water partition coefficient (Wildman–Crippen LogP) is 1.26. The molecule has 1 unspecified atom stereocenters. The number of aryl methyl sites for hydroxylation is 1. The Morgan fingerprint density at radius 2 is 2.28 bits per heavy atom. The van der Waals surface area contributed by atoms with Crippen LogP contribution in [0, 0.1) is 0 Å². The second kappa shape index (κ2) is 5.80. The molecule has 0 radical (unpaired) electrons. The quantitative estimate of drug-likeness (QED) is 0.875. The van der Waals surface area contributed by atoms with Gasteiger partial charge in [-0.1, -0.05) is 6.92 Å². The molecular formula is C13H25N5. The van der Waals surface area contributed by atoms with Crippen LogP contribution < -0.4 is 5.32 Å². The molecule has 1 aliphatic rings. The lowest BCUT2D eigenvalue weighted by atomic mass is 9.98. The minimum Gasteiger partial charge on any atom is -0.310 e. The van der Waals surface area contributed by atoms with Crippen molar-refractivity contribution in [1.82, 2.24) is 25.0 Å². The molecule has 0 saturated carbocycles. The van der Waals surface area contributed by atoms with Crippen molar-refractivity contribution in [3.05, 3.63) is 12.2 Å². The first-order valence-electron chi connectivity index (χ1n) is 7.01. The van der Waals surface area contributed by atoms with Crippen LogP contribution in [-0.2, 0) is 13.1 Å². The Balaban J connectivity index is 2.03. The first-order valence-corrected chi connectivity index (χ1v) is 7.01. The molecule has 1 atom stereocenters. The third kappa shape index (κ3) is 3.09. The molecule has 1 aliphatic heterocycles. The Morgan fingerprint density at radius 1 is 1.44 bits per heavy atom.